The van der Waals surface area contributed by atoms with Crippen LogP contribution in [-0.2, 0) is 19.5 Å². The van der Waals surface area contributed by atoms with Gasteiger partial charge in [0.15, 0.2) is 0 Å². The van der Waals surface area contributed by atoms with Crippen LogP contribution in [0.15, 0.2) is 24.5 Å². The van der Waals surface area contributed by atoms with Gasteiger partial charge in [-0.3, -0.25) is 4.90 Å². The fraction of sp³-hybridized carbons (Fsp3) is 0.353. The fourth-order valence-corrected chi connectivity index (χ4v) is 3.24. The smallest absolute Gasteiger partial charge is 0.220 e. The lowest BCUT2D eigenvalue weighted by molar-refractivity contribution is 0.239. The second-order valence-electron chi connectivity index (χ2n) is 6.24. The van der Waals surface area contributed by atoms with Gasteiger partial charge in [-0.1, -0.05) is 6.07 Å². The van der Waals surface area contributed by atoms with Crippen LogP contribution in [0.3, 0.4) is 0 Å². The van der Waals surface area contributed by atoms with Crippen molar-refractivity contribution in [1.82, 2.24) is 24.3 Å². The van der Waals surface area contributed by atoms with Crippen LogP contribution in [0.25, 0.3) is 5.65 Å². The van der Waals surface area contributed by atoms with E-state index >= 15 is 0 Å². The number of rotatable bonds is 2. The molecule has 0 saturated heterocycles. The van der Waals surface area contributed by atoms with Gasteiger partial charge in [-0.05, 0) is 25.5 Å². The molecule has 0 unspecified atom stereocenters. The Balaban J connectivity index is 1.63. The number of hydrogen-bond donors (Lipinski definition) is 1. The van der Waals surface area contributed by atoms with Crippen molar-refractivity contribution in [2.45, 2.75) is 33.4 Å². The van der Waals surface area contributed by atoms with Crippen molar-refractivity contribution >= 4 is 11.6 Å². The standard InChI is InChI=1S/C17H20N6/c1-11-3-4-16-20-12(2)15(23(16)8-11)10-22-6-5-14-13(9-22)7-19-17(18)21-14/h3-4,7-8H,5-6,9-10H2,1-2H3,(H2,18,19,21). The van der Waals surface area contributed by atoms with E-state index in [4.69, 9.17) is 5.73 Å². The van der Waals surface area contributed by atoms with Gasteiger partial charge in [0.2, 0.25) is 5.95 Å². The van der Waals surface area contributed by atoms with Crippen LogP contribution >= 0.6 is 0 Å². The summed E-state index contributed by atoms with van der Waals surface area (Å²) in [6, 6.07) is 4.18. The molecule has 0 aromatic carbocycles. The molecule has 6 heteroatoms. The molecule has 3 aromatic heterocycles. The zero-order valence-corrected chi connectivity index (χ0v) is 13.5. The maximum absolute atomic E-state index is 5.67. The van der Waals surface area contributed by atoms with Crippen LogP contribution in [-0.4, -0.2) is 30.8 Å². The van der Waals surface area contributed by atoms with Gasteiger partial charge in [-0.15, -0.1) is 0 Å². The number of hydrogen-bond acceptors (Lipinski definition) is 5. The minimum atomic E-state index is 0.366. The second-order valence-corrected chi connectivity index (χ2v) is 6.24. The molecule has 0 bridgehead atoms. The van der Waals surface area contributed by atoms with Crippen molar-refractivity contribution in [3.05, 3.63) is 52.7 Å². The van der Waals surface area contributed by atoms with Crippen molar-refractivity contribution in [2.24, 2.45) is 0 Å². The summed E-state index contributed by atoms with van der Waals surface area (Å²) in [7, 11) is 0. The first-order valence-corrected chi connectivity index (χ1v) is 7.87. The van der Waals surface area contributed by atoms with E-state index in [0.29, 0.717) is 5.95 Å². The van der Waals surface area contributed by atoms with Gasteiger partial charge in [0.25, 0.3) is 0 Å². The first kappa shape index (κ1) is 14.1. The molecule has 0 atom stereocenters. The minimum absolute atomic E-state index is 0.366. The summed E-state index contributed by atoms with van der Waals surface area (Å²) in [5, 5.41) is 0. The van der Waals surface area contributed by atoms with E-state index in [-0.39, 0.29) is 0 Å². The summed E-state index contributed by atoms with van der Waals surface area (Å²) in [6.07, 6.45) is 4.93. The van der Waals surface area contributed by atoms with E-state index in [0.717, 1.165) is 43.1 Å². The number of nitrogen functional groups attached to an aromatic ring is 1. The SMILES string of the molecule is Cc1ccc2nc(C)c(CN3CCc4nc(N)ncc4C3)n2c1. The summed E-state index contributed by atoms with van der Waals surface area (Å²) >= 11 is 0. The van der Waals surface area contributed by atoms with Crippen LogP contribution in [0, 0.1) is 13.8 Å². The molecule has 1 aliphatic rings. The molecular formula is C17H20N6. The van der Waals surface area contributed by atoms with Crippen LogP contribution in [0.2, 0.25) is 0 Å². The van der Waals surface area contributed by atoms with Gasteiger partial charge in [-0.2, -0.15) is 0 Å². The number of fused-ring (bicyclic) bond motifs is 2. The fourth-order valence-electron chi connectivity index (χ4n) is 3.24. The van der Waals surface area contributed by atoms with Crippen molar-refractivity contribution in [1.29, 1.82) is 0 Å². The van der Waals surface area contributed by atoms with Crippen LogP contribution in [0.5, 0.6) is 0 Å². The predicted molar refractivity (Wildman–Crippen MR) is 88.9 cm³/mol. The molecule has 0 aliphatic carbocycles. The predicted octanol–water partition coefficient (Wildman–Crippen LogP) is 1.88. The third kappa shape index (κ3) is 2.55. The zero-order chi connectivity index (χ0) is 16.0. The van der Waals surface area contributed by atoms with Crippen molar-refractivity contribution < 1.29 is 0 Å². The average Bonchev–Trinajstić information content (AvgIpc) is 2.83. The maximum atomic E-state index is 5.67. The number of nitrogens with zero attached hydrogens (tertiary/aromatic N) is 5. The highest BCUT2D eigenvalue weighted by molar-refractivity contribution is 5.44. The number of aromatic nitrogens is 4. The lowest BCUT2D eigenvalue weighted by Gasteiger charge is -2.27. The molecule has 118 valence electrons. The largest absolute Gasteiger partial charge is 0.368 e. The first-order valence-electron chi connectivity index (χ1n) is 7.87. The van der Waals surface area contributed by atoms with Gasteiger partial charge in [0, 0.05) is 44.0 Å². The second kappa shape index (κ2) is 5.31. The maximum Gasteiger partial charge on any atom is 0.220 e. The third-order valence-electron chi connectivity index (χ3n) is 4.47. The topological polar surface area (TPSA) is 72.3 Å². The zero-order valence-electron chi connectivity index (χ0n) is 13.5. The Morgan fingerprint density at radius 2 is 2.09 bits per heavy atom. The van der Waals surface area contributed by atoms with E-state index in [9.17, 15) is 0 Å². The summed E-state index contributed by atoms with van der Waals surface area (Å²) in [6.45, 7) is 6.90. The van der Waals surface area contributed by atoms with Crippen LogP contribution in [0.1, 0.15) is 28.2 Å². The molecule has 0 saturated carbocycles. The Kier molecular flexibility index (Phi) is 3.27. The molecule has 4 rings (SSSR count). The average molecular weight is 308 g/mol. The van der Waals surface area contributed by atoms with E-state index in [1.807, 2.05) is 6.20 Å². The van der Waals surface area contributed by atoms with Crippen molar-refractivity contribution in [3.8, 4) is 0 Å². The lowest BCUT2D eigenvalue weighted by Crippen LogP contribution is -2.31. The monoisotopic (exact) mass is 308 g/mol. The Bertz CT molecular complexity index is 882. The molecule has 0 spiro atoms. The first-order chi connectivity index (χ1) is 11.1. The van der Waals surface area contributed by atoms with Gasteiger partial charge >= 0.3 is 0 Å². The number of imidazole rings is 1. The van der Waals surface area contributed by atoms with Gasteiger partial charge < -0.3 is 10.1 Å². The molecule has 6 nitrogen and oxygen atoms in total. The van der Waals surface area contributed by atoms with E-state index in [1.54, 1.807) is 0 Å². The summed E-state index contributed by atoms with van der Waals surface area (Å²) in [5.74, 6) is 0.366. The van der Waals surface area contributed by atoms with Gasteiger partial charge in [0.1, 0.15) is 5.65 Å². The van der Waals surface area contributed by atoms with E-state index in [2.05, 4.69) is 56.4 Å². The van der Waals surface area contributed by atoms with Crippen molar-refractivity contribution in [3.63, 3.8) is 0 Å². The molecule has 1 aliphatic heterocycles. The van der Waals surface area contributed by atoms with Crippen molar-refractivity contribution in [2.75, 3.05) is 12.3 Å². The molecular weight excluding hydrogens is 288 g/mol. The Morgan fingerprint density at radius 1 is 1.22 bits per heavy atom. The Labute approximate surface area is 135 Å². The van der Waals surface area contributed by atoms with Crippen LogP contribution < -0.4 is 5.73 Å². The molecule has 2 N–H and O–H groups in total. The Hall–Kier alpha value is -2.47. The van der Waals surface area contributed by atoms with Gasteiger partial charge in [0.05, 0.1) is 17.1 Å². The number of nitrogens with two attached hydrogens (primary N) is 1. The third-order valence-corrected chi connectivity index (χ3v) is 4.47. The number of pyridine rings is 1. The lowest BCUT2D eigenvalue weighted by atomic mass is 10.1. The number of anilines is 1. The highest BCUT2D eigenvalue weighted by Crippen LogP contribution is 2.21. The minimum Gasteiger partial charge on any atom is -0.368 e. The Morgan fingerprint density at radius 3 is 2.96 bits per heavy atom. The molecule has 3 aromatic rings. The molecule has 0 fully saturated rings. The summed E-state index contributed by atoms with van der Waals surface area (Å²) < 4.78 is 2.21. The quantitative estimate of drug-likeness (QED) is 0.782. The summed E-state index contributed by atoms with van der Waals surface area (Å²) in [4.78, 5) is 15.6. The highest BCUT2D eigenvalue weighted by Gasteiger charge is 2.20. The normalized spacial score (nSPS) is 15.0. The summed E-state index contributed by atoms with van der Waals surface area (Å²) in [5.41, 5.74) is 12.5. The van der Waals surface area contributed by atoms with Crippen LogP contribution in [0.4, 0.5) is 5.95 Å². The molecule has 23 heavy (non-hydrogen) atoms. The highest BCUT2D eigenvalue weighted by atomic mass is 15.2. The van der Waals surface area contributed by atoms with E-state index < -0.39 is 0 Å². The molecule has 0 amide bonds. The number of aryl methyl sites for hydroxylation is 2. The molecule has 0 radical (unpaired) electrons. The van der Waals surface area contributed by atoms with E-state index in [1.165, 1.54) is 16.8 Å². The van der Waals surface area contributed by atoms with Gasteiger partial charge in [-0.25, -0.2) is 15.0 Å². The molecule has 4 heterocycles.